The molecule has 0 bridgehead atoms. The van der Waals surface area contributed by atoms with E-state index in [0.29, 0.717) is 41.5 Å². The SMILES string of the molecule is Fc1cccc2c1nc(CCCl)n2Cc1ncon1. The van der Waals surface area contributed by atoms with Crippen LogP contribution in [0.2, 0.25) is 0 Å². The minimum absolute atomic E-state index is 0.339. The highest BCUT2D eigenvalue weighted by molar-refractivity contribution is 6.17. The van der Waals surface area contributed by atoms with Crippen molar-refractivity contribution in [3.8, 4) is 0 Å². The van der Waals surface area contributed by atoms with Gasteiger partial charge in [-0.2, -0.15) is 4.98 Å². The molecule has 0 aliphatic carbocycles. The van der Waals surface area contributed by atoms with Gasteiger partial charge >= 0.3 is 0 Å². The monoisotopic (exact) mass is 280 g/mol. The standard InChI is InChI=1S/C12H10ClFN4O/c13-5-4-11-16-12-8(14)2-1-3-9(12)18(11)6-10-15-7-19-17-10/h1-3,7H,4-6H2. The maximum atomic E-state index is 13.7. The van der Waals surface area contributed by atoms with E-state index in [9.17, 15) is 4.39 Å². The van der Waals surface area contributed by atoms with E-state index in [4.69, 9.17) is 16.1 Å². The molecule has 0 radical (unpaired) electrons. The van der Waals surface area contributed by atoms with Crippen LogP contribution in [0, 0.1) is 5.82 Å². The predicted molar refractivity (Wildman–Crippen MR) is 67.5 cm³/mol. The fourth-order valence-corrected chi connectivity index (χ4v) is 2.19. The van der Waals surface area contributed by atoms with Gasteiger partial charge in [-0.1, -0.05) is 11.2 Å². The summed E-state index contributed by atoms with van der Waals surface area (Å²) in [5.74, 6) is 1.29. The van der Waals surface area contributed by atoms with Gasteiger partial charge in [0.2, 0.25) is 6.39 Å². The van der Waals surface area contributed by atoms with Crippen LogP contribution in [0.3, 0.4) is 0 Å². The van der Waals surface area contributed by atoms with E-state index in [1.54, 1.807) is 6.07 Å². The Morgan fingerprint density at radius 3 is 3.00 bits per heavy atom. The largest absolute Gasteiger partial charge is 0.343 e. The Hall–Kier alpha value is -1.95. The zero-order valence-corrected chi connectivity index (χ0v) is 10.6. The zero-order valence-electron chi connectivity index (χ0n) is 9.88. The Morgan fingerprint density at radius 2 is 2.26 bits per heavy atom. The molecule has 2 heterocycles. The van der Waals surface area contributed by atoms with Gasteiger partial charge in [-0.25, -0.2) is 9.37 Å². The fourth-order valence-electron chi connectivity index (χ4n) is 2.02. The summed E-state index contributed by atoms with van der Waals surface area (Å²) < 4.78 is 20.3. The summed E-state index contributed by atoms with van der Waals surface area (Å²) in [7, 11) is 0. The fraction of sp³-hybridized carbons (Fsp3) is 0.250. The van der Waals surface area contributed by atoms with Gasteiger partial charge in [0.25, 0.3) is 0 Å². The Labute approximate surface area is 113 Å². The smallest absolute Gasteiger partial charge is 0.213 e. The molecule has 3 rings (SSSR count). The van der Waals surface area contributed by atoms with Crippen LogP contribution < -0.4 is 0 Å². The van der Waals surface area contributed by atoms with Crippen LogP contribution in [0.25, 0.3) is 11.0 Å². The van der Waals surface area contributed by atoms with Crippen molar-refractivity contribution < 1.29 is 8.91 Å². The number of aromatic nitrogens is 4. The van der Waals surface area contributed by atoms with Crippen LogP contribution in [-0.4, -0.2) is 25.6 Å². The van der Waals surface area contributed by atoms with Crippen molar-refractivity contribution in [3.05, 3.63) is 42.1 Å². The van der Waals surface area contributed by atoms with Crippen molar-refractivity contribution in [2.75, 3.05) is 5.88 Å². The van der Waals surface area contributed by atoms with E-state index in [2.05, 4.69) is 15.1 Å². The third-order valence-electron chi connectivity index (χ3n) is 2.83. The number of alkyl halides is 1. The second kappa shape index (κ2) is 4.97. The van der Waals surface area contributed by atoms with Gasteiger partial charge in [0.15, 0.2) is 11.6 Å². The van der Waals surface area contributed by atoms with E-state index in [-0.39, 0.29) is 5.82 Å². The molecule has 0 atom stereocenters. The van der Waals surface area contributed by atoms with Gasteiger partial charge < -0.3 is 9.09 Å². The number of rotatable bonds is 4. The second-order valence-corrected chi connectivity index (χ2v) is 4.39. The minimum atomic E-state index is -0.347. The molecule has 0 aliphatic rings. The number of nitrogens with zero attached hydrogens (tertiary/aromatic N) is 4. The minimum Gasteiger partial charge on any atom is -0.343 e. The number of fused-ring (bicyclic) bond motifs is 1. The van der Waals surface area contributed by atoms with Crippen LogP contribution in [0.15, 0.2) is 29.1 Å². The quantitative estimate of drug-likeness (QED) is 0.689. The highest BCUT2D eigenvalue weighted by Gasteiger charge is 2.14. The maximum absolute atomic E-state index is 13.7. The Bertz CT molecular complexity index is 695. The first kappa shape index (κ1) is 12.1. The van der Waals surface area contributed by atoms with Gasteiger partial charge in [-0.15, -0.1) is 11.6 Å². The van der Waals surface area contributed by atoms with Crippen molar-refractivity contribution in [2.45, 2.75) is 13.0 Å². The highest BCUT2D eigenvalue weighted by Crippen LogP contribution is 2.20. The summed E-state index contributed by atoms with van der Waals surface area (Å²) >= 11 is 5.76. The third-order valence-corrected chi connectivity index (χ3v) is 3.02. The van der Waals surface area contributed by atoms with E-state index in [0.717, 1.165) is 0 Å². The van der Waals surface area contributed by atoms with Gasteiger partial charge in [-0.3, -0.25) is 0 Å². The molecule has 0 fully saturated rings. The molecular weight excluding hydrogens is 271 g/mol. The lowest BCUT2D eigenvalue weighted by Gasteiger charge is -2.05. The van der Waals surface area contributed by atoms with Gasteiger partial charge in [0.1, 0.15) is 11.3 Å². The number of benzene rings is 1. The average molecular weight is 281 g/mol. The lowest BCUT2D eigenvalue weighted by molar-refractivity contribution is 0.408. The van der Waals surface area contributed by atoms with Crippen molar-refractivity contribution in [1.82, 2.24) is 19.7 Å². The molecule has 0 aliphatic heterocycles. The number of para-hydroxylation sites is 1. The highest BCUT2D eigenvalue weighted by atomic mass is 35.5. The molecule has 0 saturated heterocycles. The Balaban J connectivity index is 2.13. The van der Waals surface area contributed by atoms with Crippen molar-refractivity contribution in [3.63, 3.8) is 0 Å². The number of imidazole rings is 1. The summed E-state index contributed by atoms with van der Waals surface area (Å²) in [4.78, 5) is 8.27. The molecule has 0 spiro atoms. The van der Waals surface area contributed by atoms with Crippen molar-refractivity contribution in [2.24, 2.45) is 0 Å². The van der Waals surface area contributed by atoms with E-state index >= 15 is 0 Å². The normalized spacial score (nSPS) is 11.3. The first-order chi connectivity index (χ1) is 9.29. The number of halogens is 2. The third kappa shape index (κ3) is 2.19. The number of hydrogen-bond donors (Lipinski definition) is 0. The van der Waals surface area contributed by atoms with Crippen LogP contribution in [-0.2, 0) is 13.0 Å². The summed E-state index contributed by atoms with van der Waals surface area (Å²) in [6, 6.07) is 4.85. The summed E-state index contributed by atoms with van der Waals surface area (Å²) in [5, 5.41) is 3.76. The van der Waals surface area contributed by atoms with Gasteiger partial charge in [0, 0.05) is 12.3 Å². The maximum Gasteiger partial charge on any atom is 0.213 e. The first-order valence-corrected chi connectivity index (χ1v) is 6.28. The lowest BCUT2D eigenvalue weighted by Crippen LogP contribution is -2.07. The van der Waals surface area contributed by atoms with Gasteiger partial charge in [0.05, 0.1) is 12.1 Å². The summed E-state index contributed by atoms with van der Waals surface area (Å²) in [6.45, 7) is 0.378. The number of hydrogen-bond acceptors (Lipinski definition) is 4. The molecule has 19 heavy (non-hydrogen) atoms. The molecule has 2 aromatic heterocycles. The van der Waals surface area contributed by atoms with Crippen LogP contribution in [0.5, 0.6) is 0 Å². The first-order valence-electron chi connectivity index (χ1n) is 5.74. The molecule has 1 aromatic carbocycles. The van der Waals surface area contributed by atoms with E-state index in [1.807, 2.05) is 10.6 Å². The average Bonchev–Trinajstić information content (AvgIpc) is 3.01. The van der Waals surface area contributed by atoms with Crippen molar-refractivity contribution in [1.29, 1.82) is 0 Å². The van der Waals surface area contributed by atoms with Gasteiger partial charge in [-0.05, 0) is 12.1 Å². The van der Waals surface area contributed by atoms with Crippen LogP contribution >= 0.6 is 11.6 Å². The molecule has 0 N–H and O–H groups in total. The van der Waals surface area contributed by atoms with E-state index < -0.39 is 0 Å². The summed E-state index contributed by atoms with van der Waals surface area (Å²) in [5.41, 5.74) is 1.04. The Kier molecular flexibility index (Phi) is 3.16. The topological polar surface area (TPSA) is 56.7 Å². The zero-order chi connectivity index (χ0) is 13.2. The summed E-state index contributed by atoms with van der Waals surface area (Å²) in [6.07, 6.45) is 1.81. The molecule has 0 amide bonds. The van der Waals surface area contributed by atoms with E-state index in [1.165, 1.54) is 12.5 Å². The molecule has 7 heteroatoms. The second-order valence-electron chi connectivity index (χ2n) is 4.01. The lowest BCUT2D eigenvalue weighted by atomic mass is 10.3. The molecule has 3 aromatic rings. The predicted octanol–water partition coefficient (Wildman–Crippen LogP) is 2.39. The molecule has 98 valence electrons. The van der Waals surface area contributed by atoms with Crippen LogP contribution in [0.4, 0.5) is 4.39 Å². The Morgan fingerprint density at radius 1 is 1.37 bits per heavy atom. The number of aryl methyl sites for hydroxylation is 1. The van der Waals surface area contributed by atoms with Crippen LogP contribution in [0.1, 0.15) is 11.6 Å². The molecule has 0 unspecified atom stereocenters. The molecular formula is C12H10ClFN4O. The molecule has 5 nitrogen and oxygen atoms in total. The molecule has 0 saturated carbocycles. The van der Waals surface area contributed by atoms with Crippen molar-refractivity contribution >= 4 is 22.6 Å².